The highest BCUT2D eigenvalue weighted by atomic mass is 19.1. The molecule has 0 unspecified atom stereocenters. The van der Waals surface area contributed by atoms with Crippen molar-refractivity contribution in [3.8, 4) is 0 Å². The van der Waals surface area contributed by atoms with Gasteiger partial charge in [0, 0.05) is 31.2 Å². The van der Waals surface area contributed by atoms with Gasteiger partial charge in [-0.3, -0.25) is 9.88 Å². The van der Waals surface area contributed by atoms with Crippen molar-refractivity contribution in [3.63, 3.8) is 0 Å². The Balaban J connectivity index is 1.90. The summed E-state index contributed by atoms with van der Waals surface area (Å²) in [6.07, 6.45) is 2.89. The van der Waals surface area contributed by atoms with Crippen LogP contribution in [0.3, 0.4) is 0 Å². The van der Waals surface area contributed by atoms with Gasteiger partial charge < -0.3 is 5.32 Å². The van der Waals surface area contributed by atoms with Crippen LogP contribution in [-0.4, -0.2) is 36.1 Å². The lowest BCUT2D eigenvalue weighted by Crippen LogP contribution is -2.27. The number of hydrogen-bond acceptors (Lipinski definition) is 3. The molecule has 0 spiro atoms. The fourth-order valence-corrected chi connectivity index (χ4v) is 2.62. The molecule has 1 saturated heterocycles. The molecule has 100 valence electrons. The summed E-state index contributed by atoms with van der Waals surface area (Å²) in [5.74, 6) is -0.190. The van der Waals surface area contributed by atoms with Crippen molar-refractivity contribution in [1.82, 2.24) is 15.2 Å². The molecular formula is C15H18FN3. The van der Waals surface area contributed by atoms with Crippen LogP contribution in [0.5, 0.6) is 0 Å². The van der Waals surface area contributed by atoms with E-state index in [9.17, 15) is 4.39 Å². The van der Waals surface area contributed by atoms with E-state index < -0.39 is 0 Å². The molecule has 4 heteroatoms. The normalized spacial score (nSPS) is 17.5. The van der Waals surface area contributed by atoms with Crippen LogP contribution in [0.2, 0.25) is 0 Å². The Hall–Kier alpha value is -1.52. The average Bonchev–Trinajstić information content (AvgIpc) is 2.71. The second-order valence-corrected chi connectivity index (χ2v) is 4.99. The molecule has 2 heterocycles. The number of halogens is 1. The number of rotatable bonds is 2. The Morgan fingerprint density at radius 3 is 3.11 bits per heavy atom. The molecule has 0 saturated carbocycles. The third-order valence-corrected chi connectivity index (χ3v) is 3.63. The van der Waals surface area contributed by atoms with E-state index in [1.807, 2.05) is 6.07 Å². The van der Waals surface area contributed by atoms with Crippen molar-refractivity contribution >= 4 is 10.9 Å². The molecule has 1 aromatic heterocycles. The van der Waals surface area contributed by atoms with E-state index in [0.29, 0.717) is 5.39 Å². The zero-order valence-electron chi connectivity index (χ0n) is 10.9. The van der Waals surface area contributed by atoms with E-state index in [1.54, 1.807) is 24.4 Å². The zero-order valence-corrected chi connectivity index (χ0v) is 10.9. The maximum atomic E-state index is 13.7. The highest BCUT2D eigenvalue weighted by Gasteiger charge is 2.12. The number of pyridine rings is 1. The van der Waals surface area contributed by atoms with Crippen molar-refractivity contribution in [2.75, 3.05) is 26.2 Å². The van der Waals surface area contributed by atoms with E-state index in [2.05, 4.69) is 15.2 Å². The molecule has 1 aliphatic rings. The molecule has 2 aromatic rings. The minimum atomic E-state index is -0.190. The van der Waals surface area contributed by atoms with E-state index in [1.165, 1.54) is 0 Å². The molecule has 0 bridgehead atoms. The lowest BCUT2D eigenvalue weighted by atomic mass is 10.1. The first-order chi connectivity index (χ1) is 9.34. The topological polar surface area (TPSA) is 28.2 Å². The van der Waals surface area contributed by atoms with Crippen molar-refractivity contribution in [3.05, 3.63) is 41.8 Å². The minimum absolute atomic E-state index is 0.190. The van der Waals surface area contributed by atoms with Gasteiger partial charge in [0.15, 0.2) is 0 Å². The van der Waals surface area contributed by atoms with E-state index in [4.69, 9.17) is 0 Å². The predicted octanol–water partition coefficient (Wildman–Crippen LogP) is 2.17. The second kappa shape index (κ2) is 5.63. The standard InChI is InChI=1S/C15H18FN3/c16-14-5-4-12(15-13(14)3-1-7-18-15)11-19-9-2-6-17-8-10-19/h1,3-5,7,17H,2,6,8-11H2. The van der Waals surface area contributed by atoms with Gasteiger partial charge in [0.1, 0.15) is 5.82 Å². The molecule has 0 amide bonds. The van der Waals surface area contributed by atoms with Gasteiger partial charge in [-0.05, 0) is 43.3 Å². The van der Waals surface area contributed by atoms with Crippen LogP contribution in [0.15, 0.2) is 30.5 Å². The first-order valence-corrected chi connectivity index (χ1v) is 6.80. The zero-order chi connectivity index (χ0) is 13.1. The molecule has 0 atom stereocenters. The summed E-state index contributed by atoms with van der Waals surface area (Å²) in [5, 5.41) is 4.01. The van der Waals surface area contributed by atoms with Gasteiger partial charge in [0.2, 0.25) is 0 Å². The van der Waals surface area contributed by atoms with Crippen LogP contribution in [0.4, 0.5) is 4.39 Å². The minimum Gasteiger partial charge on any atom is -0.315 e. The summed E-state index contributed by atoms with van der Waals surface area (Å²) < 4.78 is 13.7. The first kappa shape index (κ1) is 12.5. The van der Waals surface area contributed by atoms with Gasteiger partial charge in [-0.15, -0.1) is 0 Å². The highest BCUT2D eigenvalue weighted by Crippen LogP contribution is 2.21. The number of hydrogen-bond donors (Lipinski definition) is 1. The van der Waals surface area contributed by atoms with Crippen LogP contribution in [0.1, 0.15) is 12.0 Å². The van der Waals surface area contributed by atoms with Crippen LogP contribution in [-0.2, 0) is 6.54 Å². The molecule has 1 N–H and O–H groups in total. The van der Waals surface area contributed by atoms with Crippen molar-refractivity contribution < 1.29 is 4.39 Å². The summed E-state index contributed by atoms with van der Waals surface area (Å²) in [6.45, 7) is 5.06. The number of aromatic nitrogens is 1. The third kappa shape index (κ3) is 2.74. The van der Waals surface area contributed by atoms with Gasteiger partial charge in [-0.2, -0.15) is 0 Å². The monoisotopic (exact) mass is 259 g/mol. The van der Waals surface area contributed by atoms with Gasteiger partial charge in [-0.25, -0.2) is 4.39 Å². The third-order valence-electron chi connectivity index (χ3n) is 3.63. The molecule has 1 fully saturated rings. The molecule has 1 aromatic carbocycles. The molecule has 19 heavy (non-hydrogen) atoms. The largest absolute Gasteiger partial charge is 0.315 e. The highest BCUT2D eigenvalue weighted by molar-refractivity contribution is 5.82. The fourth-order valence-electron chi connectivity index (χ4n) is 2.62. The van der Waals surface area contributed by atoms with E-state index >= 15 is 0 Å². The molecule has 0 radical (unpaired) electrons. The van der Waals surface area contributed by atoms with Crippen LogP contribution < -0.4 is 5.32 Å². The summed E-state index contributed by atoms with van der Waals surface area (Å²) in [6, 6.07) is 6.99. The van der Waals surface area contributed by atoms with Crippen LogP contribution >= 0.6 is 0 Å². The number of benzene rings is 1. The Labute approximate surface area is 112 Å². The Morgan fingerprint density at radius 1 is 1.21 bits per heavy atom. The number of nitrogens with zero attached hydrogens (tertiary/aromatic N) is 2. The summed E-state index contributed by atoms with van der Waals surface area (Å²) in [4.78, 5) is 6.75. The van der Waals surface area contributed by atoms with E-state index in [0.717, 1.165) is 50.2 Å². The summed E-state index contributed by atoms with van der Waals surface area (Å²) in [5.41, 5.74) is 1.90. The molecular weight excluding hydrogens is 241 g/mol. The number of nitrogens with one attached hydrogen (secondary N) is 1. The Kier molecular flexibility index (Phi) is 3.71. The van der Waals surface area contributed by atoms with Gasteiger partial charge in [-0.1, -0.05) is 6.07 Å². The SMILES string of the molecule is Fc1ccc(CN2CCCNCC2)c2ncccc12. The van der Waals surface area contributed by atoms with Crippen LogP contribution in [0, 0.1) is 5.82 Å². The van der Waals surface area contributed by atoms with Gasteiger partial charge in [0.25, 0.3) is 0 Å². The van der Waals surface area contributed by atoms with Crippen LogP contribution in [0.25, 0.3) is 10.9 Å². The first-order valence-electron chi connectivity index (χ1n) is 6.80. The molecule has 3 rings (SSSR count). The smallest absolute Gasteiger partial charge is 0.132 e. The maximum absolute atomic E-state index is 13.7. The van der Waals surface area contributed by atoms with E-state index in [-0.39, 0.29) is 5.82 Å². The molecule has 0 aliphatic carbocycles. The lowest BCUT2D eigenvalue weighted by molar-refractivity contribution is 0.285. The maximum Gasteiger partial charge on any atom is 0.132 e. The number of fused-ring (bicyclic) bond motifs is 1. The fraction of sp³-hybridized carbons (Fsp3) is 0.400. The summed E-state index contributed by atoms with van der Waals surface area (Å²) in [7, 11) is 0. The lowest BCUT2D eigenvalue weighted by Gasteiger charge is -2.20. The predicted molar refractivity (Wildman–Crippen MR) is 74.5 cm³/mol. The van der Waals surface area contributed by atoms with Crippen molar-refractivity contribution in [2.24, 2.45) is 0 Å². The van der Waals surface area contributed by atoms with Gasteiger partial charge >= 0.3 is 0 Å². The average molecular weight is 259 g/mol. The molecule has 1 aliphatic heterocycles. The van der Waals surface area contributed by atoms with Gasteiger partial charge in [0.05, 0.1) is 5.52 Å². The Bertz CT molecular complexity index is 562. The summed E-state index contributed by atoms with van der Waals surface area (Å²) >= 11 is 0. The van der Waals surface area contributed by atoms with Crippen molar-refractivity contribution in [2.45, 2.75) is 13.0 Å². The molecule has 3 nitrogen and oxygen atoms in total. The van der Waals surface area contributed by atoms with Crippen molar-refractivity contribution in [1.29, 1.82) is 0 Å². The Morgan fingerprint density at radius 2 is 2.16 bits per heavy atom. The second-order valence-electron chi connectivity index (χ2n) is 4.99. The quantitative estimate of drug-likeness (QED) is 0.896.